The summed E-state index contributed by atoms with van der Waals surface area (Å²) in [5.41, 5.74) is 5.13. The van der Waals surface area contributed by atoms with Gasteiger partial charge in [0, 0.05) is 11.8 Å². The molecular weight excluding hydrogens is 228 g/mol. The molecule has 2 rings (SSSR count). The fourth-order valence-corrected chi connectivity index (χ4v) is 2.09. The van der Waals surface area contributed by atoms with Crippen LogP contribution in [-0.4, -0.2) is 21.6 Å². The number of aliphatic hydroxyl groups is 1. The van der Waals surface area contributed by atoms with Crippen LogP contribution in [0.1, 0.15) is 48.2 Å². The minimum absolute atomic E-state index is 0.380. The smallest absolute Gasteiger partial charge is 0.248 e. The Balaban J connectivity index is 2.18. The van der Waals surface area contributed by atoms with Gasteiger partial charge in [0.2, 0.25) is 5.91 Å². The average Bonchev–Trinajstić information content (AvgIpc) is 2.38. The number of hydrogen-bond acceptors (Lipinski definition) is 3. The molecule has 0 aliphatic heterocycles. The van der Waals surface area contributed by atoms with Gasteiger partial charge in [-0.05, 0) is 43.7 Å². The third-order valence-corrected chi connectivity index (χ3v) is 3.15. The Labute approximate surface area is 106 Å². The number of primary amides is 1. The Hall–Kier alpha value is -1.86. The molecule has 0 spiro atoms. The number of hydrogen-bond donors (Lipinski definition) is 2. The summed E-state index contributed by atoms with van der Waals surface area (Å²) < 4.78 is 0. The van der Waals surface area contributed by atoms with Crippen molar-refractivity contribution in [3.63, 3.8) is 0 Å². The van der Waals surface area contributed by atoms with Crippen LogP contribution in [-0.2, 0) is 0 Å². The van der Waals surface area contributed by atoms with Gasteiger partial charge in [-0.25, -0.2) is 4.98 Å². The molecule has 0 unspecified atom stereocenters. The maximum absolute atomic E-state index is 11.0. The highest BCUT2D eigenvalue weighted by molar-refractivity contribution is 5.92. The van der Waals surface area contributed by atoms with Crippen molar-refractivity contribution in [1.82, 2.24) is 4.98 Å². The predicted octanol–water partition coefficient (Wildman–Crippen LogP) is 1.23. The summed E-state index contributed by atoms with van der Waals surface area (Å²) in [4.78, 5) is 15.1. The zero-order chi connectivity index (χ0) is 13.0. The molecule has 3 N–H and O–H groups in total. The van der Waals surface area contributed by atoms with Crippen LogP contribution in [0.5, 0.6) is 0 Å². The van der Waals surface area contributed by atoms with Gasteiger partial charge in [-0.15, -0.1) is 0 Å². The van der Waals surface area contributed by atoms with Crippen LogP contribution in [0.4, 0.5) is 0 Å². The summed E-state index contributed by atoms with van der Waals surface area (Å²) in [5, 5.41) is 10.2. The Morgan fingerprint density at radius 2 is 2.11 bits per heavy atom. The van der Waals surface area contributed by atoms with E-state index in [0.29, 0.717) is 24.1 Å². The van der Waals surface area contributed by atoms with Gasteiger partial charge in [0.05, 0.1) is 0 Å². The Kier molecular flexibility index (Phi) is 3.63. The SMILES string of the molecule is NC(=O)c1ccnc(C#CC2(O)CCCCC2)c1. The number of carbonyl (C=O) groups is 1. The number of carbonyl (C=O) groups excluding carboxylic acids is 1. The van der Waals surface area contributed by atoms with E-state index in [0.717, 1.165) is 19.3 Å². The number of amides is 1. The van der Waals surface area contributed by atoms with E-state index >= 15 is 0 Å². The van der Waals surface area contributed by atoms with Gasteiger partial charge in [-0.2, -0.15) is 0 Å². The first-order valence-electron chi connectivity index (χ1n) is 6.10. The van der Waals surface area contributed by atoms with Gasteiger partial charge in [0.15, 0.2) is 0 Å². The van der Waals surface area contributed by atoms with E-state index in [4.69, 9.17) is 5.73 Å². The fraction of sp³-hybridized carbons (Fsp3) is 0.429. The molecule has 1 amide bonds. The van der Waals surface area contributed by atoms with Gasteiger partial charge in [-0.3, -0.25) is 4.79 Å². The molecule has 0 radical (unpaired) electrons. The second-order valence-electron chi connectivity index (χ2n) is 4.64. The molecule has 1 aliphatic carbocycles. The van der Waals surface area contributed by atoms with Gasteiger partial charge in [0.25, 0.3) is 0 Å². The first kappa shape index (κ1) is 12.6. The lowest BCUT2D eigenvalue weighted by Crippen LogP contribution is -2.29. The summed E-state index contributed by atoms with van der Waals surface area (Å²) in [6.45, 7) is 0. The lowest BCUT2D eigenvalue weighted by Gasteiger charge is -2.26. The summed E-state index contributed by atoms with van der Waals surface area (Å²) in [6, 6.07) is 3.09. The molecule has 0 aromatic carbocycles. The van der Waals surface area contributed by atoms with Crippen LogP contribution in [0.25, 0.3) is 0 Å². The van der Waals surface area contributed by atoms with Crippen molar-refractivity contribution in [3.8, 4) is 11.8 Å². The van der Waals surface area contributed by atoms with Crippen LogP contribution in [0.2, 0.25) is 0 Å². The standard InChI is InChI=1S/C14H16N2O2/c15-13(17)11-5-9-16-12(10-11)4-8-14(18)6-2-1-3-7-14/h5,9-10,18H,1-3,6-7H2,(H2,15,17). The lowest BCUT2D eigenvalue weighted by molar-refractivity contribution is 0.0610. The predicted molar refractivity (Wildman–Crippen MR) is 67.7 cm³/mol. The van der Waals surface area contributed by atoms with Gasteiger partial charge in [-0.1, -0.05) is 12.3 Å². The molecule has 0 bridgehead atoms. The van der Waals surface area contributed by atoms with Gasteiger partial charge in [0.1, 0.15) is 11.3 Å². The molecule has 1 heterocycles. The van der Waals surface area contributed by atoms with E-state index in [2.05, 4.69) is 16.8 Å². The summed E-state index contributed by atoms with van der Waals surface area (Å²) in [7, 11) is 0. The number of nitrogens with zero attached hydrogens (tertiary/aromatic N) is 1. The molecule has 0 saturated heterocycles. The Bertz CT molecular complexity index is 508. The number of rotatable bonds is 1. The summed E-state index contributed by atoms with van der Waals surface area (Å²) in [5.74, 6) is 5.20. The first-order valence-corrected chi connectivity index (χ1v) is 6.10. The third-order valence-electron chi connectivity index (χ3n) is 3.15. The van der Waals surface area contributed by atoms with Crippen LogP contribution in [0.3, 0.4) is 0 Å². The monoisotopic (exact) mass is 244 g/mol. The van der Waals surface area contributed by atoms with Crippen molar-refractivity contribution in [1.29, 1.82) is 0 Å². The normalized spacial score (nSPS) is 17.6. The number of pyridine rings is 1. The van der Waals surface area contributed by atoms with E-state index in [1.807, 2.05) is 0 Å². The summed E-state index contributed by atoms with van der Waals surface area (Å²) in [6.07, 6.45) is 6.05. The summed E-state index contributed by atoms with van der Waals surface area (Å²) >= 11 is 0. The minimum atomic E-state index is -0.900. The first-order chi connectivity index (χ1) is 8.59. The zero-order valence-corrected chi connectivity index (χ0v) is 10.1. The molecule has 1 aliphatic rings. The highest BCUT2D eigenvalue weighted by atomic mass is 16.3. The lowest BCUT2D eigenvalue weighted by atomic mass is 9.85. The van der Waals surface area contributed by atoms with Crippen molar-refractivity contribution in [2.24, 2.45) is 5.73 Å². The average molecular weight is 244 g/mol. The molecular formula is C14H16N2O2. The molecule has 1 saturated carbocycles. The highest BCUT2D eigenvalue weighted by Crippen LogP contribution is 2.27. The maximum atomic E-state index is 11.0. The van der Waals surface area contributed by atoms with Gasteiger partial charge >= 0.3 is 0 Å². The number of nitrogens with two attached hydrogens (primary N) is 1. The topological polar surface area (TPSA) is 76.2 Å². The third kappa shape index (κ3) is 3.08. The molecule has 94 valence electrons. The highest BCUT2D eigenvalue weighted by Gasteiger charge is 2.26. The molecule has 4 nitrogen and oxygen atoms in total. The molecule has 1 aromatic heterocycles. The molecule has 1 fully saturated rings. The molecule has 1 aromatic rings. The minimum Gasteiger partial charge on any atom is -0.378 e. The van der Waals surface area contributed by atoms with Crippen molar-refractivity contribution >= 4 is 5.91 Å². The van der Waals surface area contributed by atoms with Crippen LogP contribution in [0, 0.1) is 11.8 Å². The van der Waals surface area contributed by atoms with Crippen molar-refractivity contribution < 1.29 is 9.90 Å². The van der Waals surface area contributed by atoms with Gasteiger partial charge < -0.3 is 10.8 Å². The second-order valence-corrected chi connectivity index (χ2v) is 4.64. The van der Waals surface area contributed by atoms with E-state index < -0.39 is 11.5 Å². The van der Waals surface area contributed by atoms with E-state index in [-0.39, 0.29) is 0 Å². The van der Waals surface area contributed by atoms with E-state index in [1.165, 1.54) is 6.20 Å². The van der Waals surface area contributed by atoms with E-state index in [1.54, 1.807) is 12.1 Å². The molecule has 18 heavy (non-hydrogen) atoms. The Morgan fingerprint density at radius 1 is 1.39 bits per heavy atom. The molecule has 0 atom stereocenters. The van der Waals surface area contributed by atoms with Crippen molar-refractivity contribution in [3.05, 3.63) is 29.6 Å². The largest absolute Gasteiger partial charge is 0.378 e. The fourth-order valence-electron chi connectivity index (χ4n) is 2.09. The quantitative estimate of drug-likeness (QED) is 0.729. The number of aromatic nitrogens is 1. The Morgan fingerprint density at radius 3 is 2.78 bits per heavy atom. The molecule has 4 heteroatoms. The van der Waals surface area contributed by atoms with Crippen molar-refractivity contribution in [2.45, 2.75) is 37.7 Å². The second kappa shape index (κ2) is 5.19. The maximum Gasteiger partial charge on any atom is 0.248 e. The zero-order valence-electron chi connectivity index (χ0n) is 10.1. The van der Waals surface area contributed by atoms with Crippen LogP contribution < -0.4 is 5.73 Å². The van der Waals surface area contributed by atoms with E-state index in [9.17, 15) is 9.90 Å². The van der Waals surface area contributed by atoms with Crippen LogP contribution in [0.15, 0.2) is 18.3 Å². The van der Waals surface area contributed by atoms with Crippen LogP contribution >= 0.6 is 0 Å². The van der Waals surface area contributed by atoms with Crippen molar-refractivity contribution in [2.75, 3.05) is 0 Å².